The summed E-state index contributed by atoms with van der Waals surface area (Å²) in [6, 6.07) is 21.9. The molecule has 0 atom stereocenters. The quantitative estimate of drug-likeness (QED) is 0.233. The van der Waals surface area contributed by atoms with Gasteiger partial charge in [0.15, 0.2) is 0 Å². The van der Waals surface area contributed by atoms with E-state index in [1.54, 1.807) is 24.3 Å². The number of ether oxygens (including phenoxy) is 2. The third kappa shape index (κ3) is 5.68. The van der Waals surface area contributed by atoms with Crippen molar-refractivity contribution in [2.75, 3.05) is 36.5 Å². The summed E-state index contributed by atoms with van der Waals surface area (Å²) in [4.78, 5) is 16.2. The average molecular weight is 556 g/mol. The largest absolute Gasteiger partial charge is 0.487 e. The number of aryl methyl sites for hydroxylation is 1. The fraction of sp³-hybridized carbons (Fsp3) is 0.194. The van der Waals surface area contributed by atoms with Crippen molar-refractivity contribution in [3.63, 3.8) is 0 Å². The Hall–Kier alpha value is -4.27. The van der Waals surface area contributed by atoms with E-state index in [1.807, 2.05) is 24.3 Å². The predicted octanol–water partition coefficient (Wildman–Crippen LogP) is 6.95. The number of nitrogens with zero attached hydrogens (tertiary/aromatic N) is 4. The molecule has 1 saturated heterocycles. The van der Waals surface area contributed by atoms with Crippen molar-refractivity contribution in [2.45, 2.75) is 13.5 Å². The van der Waals surface area contributed by atoms with Crippen molar-refractivity contribution in [1.29, 1.82) is 0 Å². The highest BCUT2D eigenvalue weighted by Crippen LogP contribution is 2.33. The lowest BCUT2D eigenvalue weighted by molar-refractivity contribution is 0.122. The van der Waals surface area contributed by atoms with E-state index in [0.29, 0.717) is 29.8 Å². The number of fused-ring (bicyclic) bond motifs is 1. The Morgan fingerprint density at radius 3 is 2.70 bits per heavy atom. The van der Waals surface area contributed by atoms with Crippen LogP contribution in [0.3, 0.4) is 0 Å². The molecule has 0 radical (unpaired) electrons. The Bertz CT molecular complexity index is 1680. The van der Waals surface area contributed by atoms with Crippen molar-refractivity contribution in [3.05, 3.63) is 101 Å². The lowest BCUT2D eigenvalue weighted by Crippen LogP contribution is -2.37. The van der Waals surface area contributed by atoms with E-state index in [-0.39, 0.29) is 12.4 Å². The minimum atomic E-state index is -0.303. The van der Waals surface area contributed by atoms with E-state index in [4.69, 9.17) is 26.1 Å². The Morgan fingerprint density at radius 1 is 1.00 bits per heavy atom. The number of nitrogens with one attached hydrogen (secondary N) is 1. The molecule has 0 aliphatic carbocycles. The number of hydrogen-bond donors (Lipinski definition) is 1. The standard InChI is InChI=1S/C31H27ClFN5O2/c1-20-5-8-27(37-31(20)38-11-13-39-14-12-38)22-6-9-28-25(16-22)30(35-19-34-28)36-24-7-10-29(26(32)17-24)40-18-21-3-2-4-23(33)15-21/h2-10,15-17,19H,11-14,18H2,1H3,(H,34,35,36). The molecule has 1 fully saturated rings. The SMILES string of the molecule is Cc1ccc(-c2ccc3ncnc(Nc4ccc(OCc5cccc(F)c5)c(Cl)c4)c3c2)nc1N1CCOCC1. The second-order valence-electron chi connectivity index (χ2n) is 9.58. The van der Waals surface area contributed by atoms with E-state index >= 15 is 0 Å². The molecule has 40 heavy (non-hydrogen) atoms. The number of rotatable bonds is 7. The van der Waals surface area contributed by atoms with Crippen LogP contribution in [0, 0.1) is 12.7 Å². The van der Waals surface area contributed by atoms with Crippen LogP contribution in [0.4, 0.5) is 21.7 Å². The van der Waals surface area contributed by atoms with E-state index in [9.17, 15) is 4.39 Å². The van der Waals surface area contributed by atoms with Crippen LogP contribution in [0.1, 0.15) is 11.1 Å². The van der Waals surface area contributed by atoms with Crippen LogP contribution in [0.15, 0.2) is 79.1 Å². The molecule has 0 spiro atoms. The molecule has 3 aromatic carbocycles. The summed E-state index contributed by atoms with van der Waals surface area (Å²) in [5, 5.41) is 4.65. The normalized spacial score (nSPS) is 13.4. The van der Waals surface area contributed by atoms with Crippen molar-refractivity contribution >= 4 is 39.8 Å². The van der Waals surface area contributed by atoms with Gasteiger partial charge in [-0.3, -0.25) is 0 Å². The Labute approximate surface area is 236 Å². The zero-order chi connectivity index (χ0) is 27.5. The highest BCUT2D eigenvalue weighted by Gasteiger charge is 2.16. The predicted molar refractivity (Wildman–Crippen MR) is 156 cm³/mol. The first-order valence-corrected chi connectivity index (χ1v) is 13.4. The van der Waals surface area contributed by atoms with Crippen molar-refractivity contribution in [1.82, 2.24) is 15.0 Å². The number of pyridine rings is 1. The maximum Gasteiger partial charge on any atom is 0.141 e. The smallest absolute Gasteiger partial charge is 0.141 e. The molecule has 1 aliphatic heterocycles. The highest BCUT2D eigenvalue weighted by atomic mass is 35.5. The number of benzene rings is 3. The van der Waals surface area contributed by atoms with Crippen LogP contribution in [0.5, 0.6) is 5.75 Å². The van der Waals surface area contributed by atoms with Crippen LogP contribution in [-0.4, -0.2) is 41.3 Å². The van der Waals surface area contributed by atoms with Gasteiger partial charge in [0.1, 0.15) is 36.1 Å². The first kappa shape index (κ1) is 26.0. The molecule has 5 aromatic rings. The van der Waals surface area contributed by atoms with Crippen molar-refractivity contribution < 1.29 is 13.9 Å². The zero-order valence-corrected chi connectivity index (χ0v) is 22.7. The molecule has 9 heteroatoms. The van der Waals surface area contributed by atoms with Crippen LogP contribution in [0.2, 0.25) is 5.02 Å². The molecule has 6 rings (SSSR count). The maximum atomic E-state index is 13.5. The fourth-order valence-electron chi connectivity index (χ4n) is 4.71. The molecule has 3 heterocycles. The van der Waals surface area contributed by atoms with Crippen molar-refractivity contribution in [2.24, 2.45) is 0 Å². The summed E-state index contributed by atoms with van der Waals surface area (Å²) in [7, 11) is 0. The van der Waals surface area contributed by atoms with Gasteiger partial charge in [-0.2, -0.15) is 0 Å². The summed E-state index contributed by atoms with van der Waals surface area (Å²) >= 11 is 6.52. The molecule has 0 amide bonds. The fourth-order valence-corrected chi connectivity index (χ4v) is 4.94. The molecule has 202 valence electrons. The molecular weight excluding hydrogens is 529 g/mol. The lowest BCUT2D eigenvalue weighted by atomic mass is 10.1. The van der Waals surface area contributed by atoms with Gasteiger partial charge in [-0.15, -0.1) is 0 Å². The average Bonchev–Trinajstić information content (AvgIpc) is 2.97. The van der Waals surface area contributed by atoms with E-state index in [1.165, 1.54) is 18.5 Å². The van der Waals surface area contributed by atoms with Gasteiger partial charge in [-0.1, -0.05) is 35.9 Å². The third-order valence-corrected chi connectivity index (χ3v) is 7.09. The van der Waals surface area contributed by atoms with Gasteiger partial charge >= 0.3 is 0 Å². The van der Waals surface area contributed by atoms with Gasteiger partial charge in [0.2, 0.25) is 0 Å². The second-order valence-corrected chi connectivity index (χ2v) is 9.99. The van der Waals surface area contributed by atoms with E-state index in [0.717, 1.165) is 57.9 Å². The number of halogens is 2. The summed E-state index contributed by atoms with van der Waals surface area (Å²) in [5.74, 6) is 1.84. The Morgan fingerprint density at radius 2 is 1.88 bits per heavy atom. The molecule has 0 bridgehead atoms. The van der Waals surface area contributed by atoms with Crippen LogP contribution in [-0.2, 0) is 11.3 Å². The maximum absolute atomic E-state index is 13.5. The molecule has 2 aromatic heterocycles. The Kier molecular flexibility index (Phi) is 7.44. The third-order valence-electron chi connectivity index (χ3n) is 6.79. The van der Waals surface area contributed by atoms with E-state index < -0.39 is 0 Å². The number of anilines is 3. The van der Waals surface area contributed by atoms with E-state index in [2.05, 4.69) is 39.2 Å². The zero-order valence-electron chi connectivity index (χ0n) is 21.9. The topological polar surface area (TPSA) is 72.4 Å². The number of hydrogen-bond acceptors (Lipinski definition) is 7. The molecule has 1 aliphatic rings. The highest BCUT2D eigenvalue weighted by molar-refractivity contribution is 6.32. The molecule has 7 nitrogen and oxygen atoms in total. The van der Waals surface area contributed by atoms with Crippen LogP contribution in [0.25, 0.3) is 22.2 Å². The van der Waals surface area contributed by atoms with Gasteiger partial charge < -0.3 is 19.7 Å². The Balaban J connectivity index is 1.25. The molecule has 1 N–H and O–H groups in total. The molecular formula is C31H27ClFN5O2. The second kappa shape index (κ2) is 11.5. The van der Waals surface area contributed by atoms with Crippen LogP contribution < -0.4 is 15.0 Å². The molecule has 0 saturated carbocycles. The monoisotopic (exact) mass is 555 g/mol. The minimum Gasteiger partial charge on any atom is -0.487 e. The minimum absolute atomic E-state index is 0.212. The summed E-state index contributed by atoms with van der Waals surface area (Å²) in [6.45, 7) is 5.36. The first-order valence-electron chi connectivity index (χ1n) is 13.0. The van der Waals surface area contributed by atoms with Crippen LogP contribution >= 0.6 is 11.6 Å². The van der Waals surface area contributed by atoms with Gasteiger partial charge in [0, 0.05) is 29.7 Å². The summed E-state index contributed by atoms with van der Waals surface area (Å²) < 4.78 is 24.8. The molecule has 0 unspecified atom stereocenters. The van der Waals surface area contributed by atoms with Crippen molar-refractivity contribution in [3.8, 4) is 17.0 Å². The van der Waals surface area contributed by atoms with Gasteiger partial charge in [-0.25, -0.2) is 19.3 Å². The summed E-state index contributed by atoms with van der Waals surface area (Å²) in [6.07, 6.45) is 1.53. The van der Waals surface area contributed by atoms with Gasteiger partial charge in [-0.05, 0) is 66.6 Å². The summed E-state index contributed by atoms with van der Waals surface area (Å²) in [5.41, 5.74) is 5.27. The number of morpholine rings is 1. The van der Waals surface area contributed by atoms with Gasteiger partial charge in [0.25, 0.3) is 0 Å². The lowest BCUT2D eigenvalue weighted by Gasteiger charge is -2.29. The number of aromatic nitrogens is 3. The van der Waals surface area contributed by atoms with Gasteiger partial charge in [0.05, 0.1) is 29.4 Å². The first-order chi connectivity index (χ1) is 19.5.